The second-order valence-corrected chi connectivity index (χ2v) is 5.27. The van der Waals surface area contributed by atoms with Crippen molar-refractivity contribution < 1.29 is 4.74 Å². The van der Waals surface area contributed by atoms with Gasteiger partial charge in [0.15, 0.2) is 0 Å². The van der Waals surface area contributed by atoms with E-state index in [0.717, 1.165) is 32.8 Å². The summed E-state index contributed by atoms with van der Waals surface area (Å²) < 4.78 is 5.34. The van der Waals surface area contributed by atoms with Gasteiger partial charge in [0.2, 0.25) is 0 Å². The van der Waals surface area contributed by atoms with E-state index in [1.165, 1.54) is 16.7 Å². The number of nitrogens with zero attached hydrogens (tertiary/aromatic N) is 1. The summed E-state index contributed by atoms with van der Waals surface area (Å²) in [7, 11) is 0. The van der Waals surface area contributed by atoms with Crippen molar-refractivity contribution in [2.24, 2.45) is 0 Å². The van der Waals surface area contributed by atoms with E-state index in [4.69, 9.17) is 16.3 Å². The average molecular weight is 254 g/mol. The average Bonchev–Trinajstić information content (AvgIpc) is 2.30. The quantitative estimate of drug-likeness (QED) is 0.768. The summed E-state index contributed by atoms with van der Waals surface area (Å²) in [5.41, 5.74) is 3.84. The fourth-order valence-electron chi connectivity index (χ4n) is 2.29. The Balaban J connectivity index is 2.00. The molecule has 0 spiro atoms. The molecule has 0 N–H and O–H groups in total. The Labute approximate surface area is 109 Å². The highest BCUT2D eigenvalue weighted by atomic mass is 35.5. The van der Waals surface area contributed by atoms with Crippen LogP contribution in [0.1, 0.15) is 22.1 Å². The SMILES string of the molecule is Cc1ccc(C(Cl)CN2CCOCC2)c(C)c1. The Hall–Kier alpha value is -0.570. The number of benzene rings is 1. The van der Waals surface area contributed by atoms with E-state index >= 15 is 0 Å². The van der Waals surface area contributed by atoms with Crippen molar-refractivity contribution in [2.75, 3.05) is 32.8 Å². The Morgan fingerprint density at radius 1 is 1.29 bits per heavy atom. The van der Waals surface area contributed by atoms with Crippen molar-refractivity contribution in [3.05, 3.63) is 34.9 Å². The minimum atomic E-state index is 0.0775. The van der Waals surface area contributed by atoms with Gasteiger partial charge in [-0.2, -0.15) is 0 Å². The summed E-state index contributed by atoms with van der Waals surface area (Å²) in [5, 5.41) is 0.0775. The van der Waals surface area contributed by atoms with Gasteiger partial charge >= 0.3 is 0 Å². The van der Waals surface area contributed by atoms with E-state index in [2.05, 4.69) is 36.9 Å². The molecule has 2 nitrogen and oxygen atoms in total. The molecule has 1 aromatic rings. The van der Waals surface area contributed by atoms with Gasteiger partial charge in [-0.1, -0.05) is 23.8 Å². The number of morpholine rings is 1. The zero-order valence-corrected chi connectivity index (χ0v) is 11.3. The molecule has 0 aromatic heterocycles. The highest BCUT2D eigenvalue weighted by molar-refractivity contribution is 6.21. The van der Waals surface area contributed by atoms with Gasteiger partial charge in [0.25, 0.3) is 0 Å². The van der Waals surface area contributed by atoms with Crippen molar-refractivity contribution in [3.63, 3.8) is 0 Å². The third-order valence-electron chi connectivity index (χ3n) is 3.28. The standard InChI is InChI=1S/C14H20ClNO/c1-11-3-4-13(12(2)9-11)14(15)10-16-5-7-17-8-6-16/h3-4,9,14H,5-8,10H2,1-2H3. The Bertz CT molecular complexity index is 374. The van der Waals surface area contributed by atoms with Crippen molar-refractivity contribution in [2.45, 2.75) is 19.2 Å². The number of ether oxygens (including phenoxy) is 1. The van der Waals surface area contributed by atoms with Crippen LogP contribution in [0.3, 0.4) is 0 Å². The lowest BCUT2D eigenvalue weighted by Crippen LogP contribution is -2.38. The third kappa shape index (κ3) is 3.44. The number of aryl methyl sites for hydroxylation is 2. The monoisotopic (exact) mass is 253 g/mol. The molecule has 1 saturated heterocycles. The Morgan fingerprint density at radius 3 is 2.65 bits per heavy atom. The van der Waals surface area contributed by atoms with E-state index < -0.39 is 0 Å². The highest BCUT2D eigenvalue weighted by Crippen LogP contribution is 2.25. The fraction of sp³-hybridized carbons (Fsp3) is 0.571. The van der Waals surface area contributed by atoms with Crippen LogP contribution >= 0.6 is 11.6 Å². The zero-order chi connectivity index (χ0) is 12.3. The minimum Gasteiger partial charge on any atom is -0.379 e. The molecule has 0 radical (unpaired) electrons. The summed E-state index contributed by atoms with van der Waals surface area (Å²) in [6, 6.07) is 6.49. The lowest BCUT2D eigenvalue weighted by atomic mass is 10.0. The second kappa shape index (κ2) is 5.85. The summed E-state index contributed by atoms with van der Waals surface area (Å²) in [6.45, 7) is 8.81. The van der Waals surface area contributed by atoms with Gasteiger partial charge in [-0.3, -0.25) is 4.90 Å². The predicted octanol–water partition coefficient (Wildman–Crippen LogP) is 2.92. The van der Waals surface area contributed by atoms with Crippen LogP contribution in [-0.2, 0) is 4.74 Å². The van der Waals surface area contributed by atoms with Crippen LogP contribution in [-0.4, -0.2) is 37.7 Å². The molecule has 1 atom stereocenters. The van der Waals surface area contributed by atoms with Crippen LogP contribution in [0, 0.1) is 13.8 Å². The zero-order valence-electron chi connectivity index (χ0n) is 10.6. The fourth-order valence-corrected chi connectivity index (χ4v) is 2.73. The molecule has 0 aliphatic carbocycles. The van der Waals surface area contributed by atoms with Crippen LogP contribution in [0.2, 0.25) is 0 Å². The van der Waals surface area contributed by atoms with Gasteiger partial charge in [0.1, 0.15) is 0 Å². The van der Waals surface area contributed by atoms with Gasteiger partial charge in [0, 0.05) is 19.6 Å². The molecule has 2 rings (SSSR count). The molecule has 1 unspecified atom stereocenters. The van der Waals surface area contributed by atoms with E-state index in [-0.39, 0.29) is 5.38 Å². The molecular weight excluding hydrogens is 234 g/mol. The molecular formula is C14H20ClNO. The van der Waals surface area contributed by atoms with E-state index in [1.807, 2.05) is 0 Å². The minimum absolute atomic E-state index is 0.0775. The van der Waals surface area contributed by atoms with Crippen molar-refractivity contribution in [1.29, 1.82) is 0 Å². The lowest BCUT2D eigenvalue weighted by molar-refractivity contribution is 0.0378. The van der Waals surface area contributed by atoms with Crippen LogP contribution in [0.4, 0.5) is 0 Å². The molecule has 1 aromatic carbocycles. The first-order valence-corrected chi connectivity index (χ1v) is 6.62. The Kier molecular flexibility index (Phi) is 4.43. The van der Waals surface area contributed by atoms with Crippen molar-refractivity contribution >= 4 is 11.6 Å². The molecule has 0 saturated carbocycles. The molecule has 0 amide bonds. The van der Waals surface area contributed by atoms with E-state index in [1.54, 1.807) is 0 Å². The van der Waals surface area contributed by atoms with Gasteiger partial charge in [-0.05, 0) is 25.0 Å². The van der Waals surface area contributed by atoms with Crippen molar-refractivity contribution in [3.8, 4) is 0 Å². The molecule has 1 aliphatic rings. The van der Waals surface area contributed by atoms with Gasteiger partial charge in [0.05, 0.1) is 18.6 Å². The molecule has 1 heterocycles. The van der Waals surface area contributed by atoms with Crippen LogP contribution in [0.5, 0.6) is 0 Å². The first-order chi connectivity index (χ1) is 8.16. The number of halogens is 1. The molecule has 3 heteroatoms. The van der Waals surface area contributed by atoms with Crippen LogP contribution in [0.15, 0.2) is 18.2 Å². The van der Waals surface area contributed by atoms with E-state index in [9.17, 15) is 0 Å². The highest BCUT2D eigenvalue weighted by Gasteiger charge is 2.17. The summed E-state index contributed by atoms with van der Waals surface area (Å²) in [5.74, 6) is 0. The normalized spacial score (nSPS) is 19.2. The summed E-state index contributed by atoms with van der Waals surface area (Å²) in [6.07, 6.45) is 0. The van der Waals surface area contributed by atoms with Gasteiger partial charge in [-0.25, -0.2) is 0 Å². The molecule has 17 heavy (non-hydrogen) atoms. The van der Waals surface area contributed by atoms with Crippen LogP contribution < -0.4 is 0 Å². The smallest absolute Gasteiger partial charge is 0.0714 e. The first-order valence-electron chi connectivity index (χ1n) is 6.18. The second-order valence-electron chi connectivity index (χ2n) is 4.74. The maximum atomic E-state index is 6.51. The Morgan fingerprint density at radius 2 is 2.00 bits per heavy atom. The van der Waals surface area contributed by atoms with E-state index in [0.29, 0.717) is 0 Å². The number of alkyl halides is 1. The summed E-state index contributed by atoms with van der Waals surface area (Å²) >= 11 is 6.51. The molecule has 0 bridgehead atoms. The maximum Gasteiger partial charge on any atom is 0.0714 e. The number of hydrogen-bond acceptors (Lipinski definition) is 2. The predicted molar refractivity (Wildman–Crippen MR) is 71.8 cm³/mol. The van der Waals surface area contributed by atoms with Crippen molar-refractivity contribution in [1.82, 2.24) is 4.90 Å². The summed E-state index contributed by atoms with van der Waals surface area (Å²) in [4.78, 5) is 2.38. The maximum absolute atomic E-state index is 6.51. The largest absolute Gasteiger partial charge is 0.379 e. The molecule has 94 valence electrons. The lowest BCUT2D eigenvalue weighted by Gasteiger charge is -2.28. The molecule has 1 fully saturated rings. The third-order valence-corrected chi connectivity index (χ3v) is 3.66. The van der Waals surface area contributed by atoms with Gasteiger partial charge in [-0.15, -0.1) is 11.6 Å². The first kappa shape index (κ1) is 12.9. The number of rotatable bonds is 3. The van der Waals surface area contributed by atoms with Gasteiger partial charge < -0.3 is 4.74 Å². The number of hydrogen-bond donors (Lipinski definition) is 0. The van der Waals surface area contributed by atoms with Crippen LogP contribution in [0.25, 0.3) is 0 Å². The molecule has 1 aliphatic heterocycles. The topological polar surface area (TPSA) is 12.5 Å².